The molecular weight excluding hydrogens is 346 g/mol. The fourth-order valence-electron chi connectivity index (χ4n) is 2.54. The van der Waals surface area contributed by atoms with Gasteiger partial charge in [-0.2, -0.15) is 0 Å². The summed E-state index contributed by atoms with van der Waals surface area (Å²) < 4.78 is 7.04. The largest absolute Gasteiger partial charge is 0.376 e. The Morgan fingerprint density at radius 3 is 3.25 bits per heavy atom. The number of nitrogens with zero attached hydrogens (tertiary/aromatic N) is 2. The van der Waals surface area contributed by atoms with Gasteiger partial charge in [-0.15, -0.1) is 17.9 Å². The van der Waals surface area contributed by atoms with Crippen molar-refractivity contribution < 1.29 is 9.53 Å². The third-order valence-electron chi connectivity index (χ3n) is 3.74. The van der Waals surface area contributed by atoms with Gasteiger partial charge in [0.15, 0.2) is 5.16 Å². The van der Waals surface area contributed by atoms with Crippen molar-refractivity contribution in [1.29, 1.82) is 0 Å². The number of rotatable bonds is 7. The SMILES string of the molecule is C=CCn1c(SCC(=O)NCC2CCCO2)nc2sccc2c1=O. The summed E-state index contributed by atoms with van der Waals surface area (Å²) in [6.45, 7) is 5.37. The van der Waals surface area contributed by atoms with Gasteiger partial charge in [0.1, 0.15) is 4.83 Å². The predicted molar refractivity (Wildman–Crippen MR) is 96.8 cm³/mol. The first kappa shape index (κ1) is 17.2. The van der Waals surface area contributed by atoms with Crippen molar-refractivity contribution in [3.63, 3.8) is 0 Å². The zero-order valence-electron chi connectivity index (χ0n) is 13.2. The van der Waals surface area contributed by atoms with Gasteiger partial charge in [-0.05, 0) is 24.3 Å². The van der Waals surface area contributed by atoms with E-state index in [2.05, 4.69) is 16.9 Å². The van der Waals surface area contributed by atoms with E-state index in [0.717, 1.165) is 19.4 Å². The molecule has 0 spiro atoms. The molecule has 6 nitrogen and oxygen atoms in total. The molecule has 1 unspecified atom stereocenters. The van der Waals surface area contributed by atoms with E-state index in [4.69, 9.17) is 4.74 Å². The zero-order valence-corrected chi connectivity index (χ0v) is 14.8. The molecule has 2 aromatic heterocycles. The third-order valence-corrected chi connectivity index (χ3v) is 5.53. The van der Waals surface area contributed by atoms with Crippen molar-refractivity contribution >= 4 is 39.2 Å². The van der Waals surface area contributed by atoms with Crippen LogP contribution in [0, 0.1) is 0 Å². The second-order valence-electron chi connectivity index (χ2n) is 5.47. The second-order valence-corrected chi connectivity index (χ2v) is 7.30. The first-order valence-corrected chi connectivity index (χ1v) is 9.65. The molecule has 8 heteroatoms. The number of aromatic nitrogens is 2. The van der Waals surface area contributed by atoms with E-state index in [1.165, 1.54) is 23.1 Å². The maximum atomic E-state index is 12.5. The molecule has 0 bridgehead atoms. The van der Waals surface area contributed by atoms with Crippen molar-refractivity contribution in [2.24, 2.45) is 0 Å². The van der Waals surface area contributed by atoms with Crippen LogP contribution in [0.1, 0.15) is 12.8 Å². The molecule has 1 atom stereocenters. The number of carbonyl (C=O) groups excluding carboxylic acids is 1. The van der Waals surface area contributed by atoms with Gasteiger partial charge in [0.25, 0.3) is 5.56 Å². The van der Waals surface area contributed by atoms with Crippen LogP contribution in [0.25, 0.3) is 10.2 Å². The summed E-state index contributed by atoms with van der Waals surface area (Å²) in [7, 11) is 0. The van der Waals surface area contributed by atoms with Crippen LogP contribution in [-0.2, 0) is 16.1 Å². The lowest BCUT2D eigenvalue weighted by Crippen LogP contribution is -2.33. The maximum Gasteiger partial charge on any atom is 0.263 e. The summed E-state index contributed by atoms with van der Waals surface area (Å²) in [5.74, 6) is 0.133. The molecular formula is C16H19N3O3S2. The summed E-state index contributed by atoms with van der Waals surface area (Å²) in [5, 5.41) is 5.87. The van der Waals surface area contributed by atoms with Gasteiger partial charge in [0.05, 0.1) is 17.2 Å². The topological polar surface area (TPSA) is 73.2 Å². The summed E-state index contributed by atoms with van der Waals surface area (Å²) in [4.78, 5) is 29.7. The highest BCUT2D eigenvalue weighted by Crippen LogP contribution is 2.21. The minimum atomic E-state index is -0.0941. The molecule has 1 amide bonds. The predicted octanol–water partition coefficient (Wildman–Crippen LogP) is 2.03. The van der Waals surface area contributed by atoms with E-state index >= 15 is 0 Å². The Hall–Kier alpha value is -1.64. The van der Waals surface area contributed by atoms with Crippen molar-refractivity contribution in [1.82, 2.24) is 14.9 Å². The number of ether oxygens (including phenoxy) is 1. The van der Waals surface area contributed by atoms with Crippen molar-refractivity contribution in [3.05, 3.63) is 34.5 Å². The molecule has 3 heterocycles. The van der Waals surface area contributed by atoms with Gasteiger partial charge in [-0.1, -0.05) is 17.8 Å². The Balaban J connectivity index is 1.67. The quantitative estimate of drug-likeness (QED) is 0.462. The third kappa shape index (κ3) is 3.88. The number of carbonyl (C=O) groups is 1. The van der Waals surface area contributed by atoms with Crippen LogP contribution in [0.5, 0.6) is 0 Å². The van der Waals surface area contributed by atoms with Crippen molar-refractivity contribution in [2.45, 2.75) is 30.6 Å². The fourth-order valence-corrected chi connectivity index (χ4v) is 4.19. The van der Waals surface area contributed by atoms with Crippen LogP contribution in [0.2, 0.25) is 0 Å². The van der Waals surface area contributed by atoms with Crippen LogP contribution in [0.4, 0.5) is 0 Å². The molecule has 1 aliphatic rings. The first-order valence-electron chi connectivity index (χ1n) is 7.79. The molecule has 0 aliphatic carbocycles. The van der Waals surface area contributed by atoms with Crippen LogP contribution >= 0.6 is 23.1 Å². The van der Waals surface area contributed by atoms with Gasteiger partial charge in [0, 0.05) is 19.7 Å². The molecule has 1 N–H and O–H groups in total. The summed E-state index contributed by atoms with van der Waals surface area (Å²) in [6.07, 6.45) is 3.82. The van der Waals surface area contributed by atoms with Gasteiger partial charge in [0.2, 0.25) is 5.91 Å². The summed E-state index contributed by atoms with van der Waals surface area (Å²) in [5.41, 5.74) is -0.0941. The smallest absolute Gasteiger partial charge is 0.263 e. The second kappa shape index (κ2) is 7.96. The lowest BCUT2D eigenvalue weighted by Gasteiger charge is -2.12. The van der Waals surface area contributed by atoms with Gasteiger partial charge < -0.3 is 10.1 Å². The number of hydrogen-bond donors (Lipinski definition) is 1. The standard InChI is InChI=1S/C16H19N3O3S2/c1-2-6-19-15(21)12-5-8-23-14(12)18-16(19)24-10-13(20)17-9-11-4-3-7-22-11/h2,5,8,11H,1,3-4,6-7,9-10H2,(H,17,20). The molecule has 2 aromatic rings. The number of nitrogens with one attached hydrogen (secondary N) is 1. The summed E-state index contributed by atoms with van der Waals surface area (Å²) in [6, 6.07) is 1.78. The number of fused-ring (bicyclic) bond motifs is 1. The molecule has 24 heavy (non-hydrogen) atoms. The van der Waals surface area contributed by atoms with Gasteiger partial charge >= 0.3 is 0 Å². The van der Waals surface area contributed by atoms with E-state index in [0.29, 0.717) is 28.5 Å². The molecule has 128 valence electrons. The monoisotopic (exact) mass is 365 g/mol. The minimum absolute atomic E-state index is 0.0822. The van der Waals surface area contributed by atoms with Crippen LogP contribution in [-0.4, -0.2) is 40.5 Å². The number of allylic oxidation sites excluding steroid dienone is 1. The highest BCUT2D eigenvalue weighted by molar-refractivity contribution is 7.99. The molecule has 0 aromatic carbocycles. The van der Waals surface area contributed by atoms with Crippen LogP contribution in [0.15, 0.2) is 34.1 Å². The van der Waals surface area contributed by atoms with E-state index in [1.54, 1.807) is 16.7 Å². The highest BCUT2D eigenvalue weighted by atomic mass is 32.2. The van der Waals surface area contributed by atoms with E-state index < -0.39 is 0 Å². The average Bonchev–Trinajstić information content (AvgIpc) is 3.25. The number of thioether (sulfide) groups is 1. The number of thiophene rings is 1. The van der Waals surface area contributed by atoms with E-state index in [9.17, 15) is 9.59 Å². The lowest BCUT2D eigenvalue weighted by molar-refractivity contribution is -0.119. The number of hydrogen-bond acceptors (Lipinski definition) is 6. The van der Waals surface area contributed by atoms with Crippen molar-refractivity contribution in [2.75, 3.05) is 18.9 Å². The average molecular weight is 365 g/mol. The Morgan fingerprint density at radius 1 is 1.62 bits per heavy atom. The van der Waals surface area contributed by atoms with Gasteiger partial charge in [-0.3, -0.25) is 14.2 Å². The molecule has 0 radical (unpaired) electrons. The molecule has 3 rings (SSSR count). The van der Waals surface area contributed by atoms with E-state index in [1.807, 2.05) is 5.38 Å². The Kier molecular flexibility index (Phi) is 5.70. The fraction of sp³-hybridized carbons (Fsp3) is 0.438. The van der Waals surface area contributed by atoms with Gasteiger partial charge in [-0.25, -0.2) is 4.98 Å². The Morgan fingerprint density at radius 2 is 2.50 bits per heavy atom. The molecule has 1 aliphatic heterocycles. The van der Waals surface area contributed by atoms with E-state index in [-0.39, 0.29) is 23.3 Å². The molecule has 1 fully saturated rings. The normalized spacial score (nSPS) is 17.2. The Labute approximate surface area is 147 Å². The Bertz CT molecular complexity index is 793. The zero-order chi connectivity index (χ0) is 16.9. The summed E-state index contributed by atoms with van der Waals surface area (Å²) >= 11 is 2.69. The maximum absolute atomic E-state index is 12.5. The van der Waals surface area contributed by atoms with Crippen LogP contribution < -0.4 is 10.9 Å². The molecule has 0 saturated carbocycles. The highest BCUT2D eigenvalue weighted by Gasteiger charge is 2.17. The van der Waals surface area contributed by atoms with Crippen LogP contribution in [0.3, 0.4) is 0 Å². The first-order chi connectivity index (χ1) is 11.7. The van der Waals surface area contributed by atoms with Crippen molar-refractivity contribution in [3.8, 4) is 0 Å². The minimum Gasteiger partial charge on any atom is -0.376 e. The number of amides is 1. The molecule has 1 saturated heterocycles. The lowest BCUT2D eigenvalue weighted by atomic mass is 10.2.